The van der Waals surface area contributed by atoms with Gasteiger partial charge < -0.3 is 0 Å². The fraction of sp³-hybridized carbons (Fsp3) is 0.364. The van der Waals surface area contributed by atoms with E-state index in [9.17, 15) is 0 Å². The van der Waals surface area contributed by atoms with Crippen LogP contribution in [0.3, 0.4) is 0 Å². The van der Waals surface area contributed by atoms with E-state index in [2.05, 4.69) is 44.5 Å². The molecule has 0 aliphatic carbocycles. The molecule has 0 spiro atoms. The number of benzene rings is 1. The Morgan fingerprint density at radius 3 is 2.55 bits per heavy atom. The third kappa shape index (κ3) is 2.07. The first kappa shape index (κ1) is 8.32. The summed E-state index contributed by atoms with van der Waals surface area (Å²) in [6.07, 6.45) is 4.53. The van der Waals surface area contributed by atoms with Gasteiger partial charge in [-0.2, -0.15) is 0 Å². The number of aryl methyl sites for hydroxylation is 1. The van der Waals surface area contributed by atoms with Crippen molar-refractivity contribution in [3.05, 3.63) is 41.8 Å². The molecule has 0 aliphatic heterocycles. The molecule has 0 aliphatic rings. The zero-order valence-corrected chi connectivity index (χ0v) is 7.30. The smallest absolute Gasteiger partial charge is 0.00930 e. The Balaban J connectivity index is 2.83. The first-order chi connectivity index (χ1) is 5.38. The standard InChI is InChI=1S/C11H15/c1-3-7-11-9-6-5-8-10(11)4-2/h5-9H,3-4H2,1-2H3. The van der Waals surface area contributed by atoms with Crippen LogP contribution in [0.25, 0.3) is 0 Å². The lowest BCUT2D eigenvalue weighted by Gasteiger charge is -2.04. The Hall–Kier alpha value is -0.780. The van der Waals surface area contributed by atoms with Crippen LogP contribution >= 0.6 is 0 Å². The van der Waals surface area contributed by atoms with Crippen molar-refractivity contribution in [3.8, 4) is 0 Å². The summed E-state index contributed by atoms with van der Waals surface area (Å²) in [5, 5.41) is 0. The van der Waals surface area contributed by atoms with E-state index in [1.165, 1.54) is 11.1 Å². The molecular weight excluding hydrogens is 132 g/mol. The minimum atomic E-state index is 1.12. The average molecular weight is 147 g/mol. The molecule has 0 heteroatoms. The molecule has 0 amide bonds. The van der Waals surface area contributed by atoms with Gasteiger partial charge in [0.2, 0.25) is 0 Å². The zero-order valence-electron chi connectivity index (χ0n) is 7.30. The molecule has 0 nitrogen and oxygen atoms in total. The van der Waals surface area contributed by atoms with Crippen LogP contribution in [0.15, 0.2) is 24.3 Å². The van der Waals surface area contributed by atoms with E-state index < -0.39 is 0 Å². The largest absolute Gasteiger partial charge is 0.0648 e. The van der Waals surface area contributed by atoms with Gasteiger partial charge in [0, 0.05) is 0 Å². The number of hydrogen-bond acceptors (Lipinski definition) is 0. The van der Waals surface area contributed by atoms with Gasteiger partial charge in [-0.25, -0.2) is 0 Å². The average Bonchev–Trinajstić information content (AvgIpc) is 2.06. The van der Waals surface area contributed by atoms with Crippen molar-refractivity contribution >= 4 is 0 Å². The predicted octanol–water partition coefficient (Wildman–Crippen LogP) is 3.21. The molecule has 0 fully saturated rings. The van der Waals surface area contributed by atoms with Crippen LogP contribution in [-0.4, -0.2) is 0 Å². The molecule has 1 aromatic rings. The molecule has 0 bridgehead atoms. The summed E-state index contributed by atoms with van der Waals surface area (Å²) in [5.41, 5.74) is 2.85. The summed E-state index contributed by atoms with van der Waals surface area (Å²) in [4.78, 5) is 0. The summed E-state index contributed by atoms with van der Waals surface area (Å²) in [6, 6.07) is 8.58. The van der Waals surface area contributed by atoms with Crippen LogP contribution in [-0.2, 0) is 6.42 Å². The summed E-state index contributed by atoms with van der Waals surface area (Å²) in [5.74, 6) is 0. The molecule has 0 atom stereocenters. The van der Waals surface area contributed by atoms with E-state index in [0.717, 1.165) is 12.8 Å². The summed E-state index contributed by atoms with van der Waals surface area (Å²) < 4.78 is 0. The Bertz CT molecular complexity index is 213. The van der Waals surface area contributed by atoms with Crippen LogP contribution in [0.1, 0.15) is 31.4 Å². The van der Waals surface area contributed by atoms with Gasteiger partial charge in [0.1, 0.15) is 0 Å². The highest BCUT2D eigenvalue weighted by atomic mass is 14.0. The Morgan fingerprint density at radius 1 is 1.18 bits per heavy atom. The van der Waals surface area contributed by atoms with E-state index >= 15 is 0 Å². The number of rotatable bonds is 3. The molecule has 1 radical (unpaired) electrons. The molecule has 0 aromatic heterocycles. The molecule has 0 N–H and O–H groups in total. The van der Waals surface area contributed by atoms with Crippen molar-refractivity contribution in [1.82, 2.24) is 0 Å². The van der Waals surface area contributed by atoms with Crippen molar-refractivity contribution in [3.63, 3.8) is 0 Å². The van der Waals surface area contributed by atoms with Gasteiger partial charge in [-0.1, -0.05) is 38.1 Å². The fourth-order valence-corrected chi connectivity index (χ4v) is 1.28. The van der Waals surface area contributed by atoms with Crippen molar-refractivity contribution < 1.29 is 0 Å². The Labute approximate surface area is 69.3 Å². The Kier molecular flexibility index (Phi) is 3.15. The SMILES string of the molecule is CC[CH]c1ccccc1CC. The lowest BCUT2D eigenvalue weighted by atomic mass is 10.0. The Morgan fingerprint density at radius 2 is 1.91 bits per heavy atom. The molecule has 0 saturated carbocycles. The van der Waals surface area contributed by atoms with Gasteiger partial charge in [0.05, 0.1) is 0 Å². The molecule has 1 rings (SSSR count). The predicted molar refractivity (Wildman–Crippen MR) is 49.5 cm³/mol. The van der Waals surface area contributed by atoms with E-state index in [1.807, 2.05) is 0 Å². The van der Waals surface area contributed by atoms with Crippen LogP contribution in [0, 0.1) is 6.42 Å². The molecule has 0 unspecified atom stereocenters. The quantitative estimate of drug-likeness (QED) is 0.616. The monoisotopic (exact) mass is 147 g/mol. The maximum Gasteiger partial charge on any atom is -0.00930 e. The van der Waals surface area contributed by atoms with E-state index in [-0.39, 0.29) is 0 Å². The summed E-state index contributed by atoms with van der Waals surface area (Å²) in [7, 11) is 0. The number of hydrogen-bond donors (Lipinski definition) is 0. The summed E-state index contributed by atoms with van der Waals surface area (Å²) in [6.45, 7) is 4.37. The van der Waals surface area contributed by atoms with Crippen LogP contribution in [0.4, 0.5) is 0 Å². The second-order valence-corrected chi connectivity index (χ2v) is 2.66. The normalized spacial score (nSPS) is 10.0. The van der Waals surface area contributed by atoms with Crippen molar-refractivity contribution in [1.29, 1.82) is 0 Å². The van der Waals surface area contributed by atoms with Gasteiger partial charge in [0.15, 0.2) is 0 Å². The molecule has 1 aromatic carbocycles. The lowest BCUT2D eigenvalue weighted by Crippen LogP contribution is -1.88. The molecule has 59 valence electrons. The molecular formula is C11H15. The lowest BCUT2D eigenvalue weighted by molar-refractivity contribution is 1.06. The minimum absolute atomic E-state index is 1.12. The maximum absolute atomic E-state index is 2.28. The van der Waals surface area contributed by atoms with Crippen molar-refractivity contribution in [2.75, 3.05) is 0 Å². The van der Waals surface area contributed by atoms with Crippen molar-refractivity contribution in [2.45, 2.75) is 26.7 Å². The zero-order chi connectivity index (χ0) is 8.10. The maximum atomic E-state index is 2.28. The highest BCUT2D eigenvalue weighted by Crippen LogP contribution is 2.12. The molecule has 0 saturated heterocycles. The van der Waals surface area contributed by atoms with Gasteiger partial charge in [-0.3, -0.25) is 0 Å². The fourth-order valence-electron chi connectivity index (χ4n) is 1.28. The third-order valence-corrected chi connectivity index (χ3v) is 1.86. The summed E-state index contributed by atoms with van der Waals surface area (Å²) >= 11 is 0. The van der Waals surface area contributed by atoms with Crippen LogP contribution in [0.5, 0.6) is 0 Å². The third-order valence-electron chi connectivity index (χ3n) is 1.86. The van der Waals surface area contributed by atoms with Gasteiger partial charge in [-0.05, 0) is 30.4 Å². The first-order valence-electron chi connectivity index (χ1n) is 4.29. The topological polar surface area (TPSA) is 0 Å². The minimum Gasteiger partial charge on any atom is -0.0648 e. The second-order valence-electron chi connectivity index (χ2n) is 2.66. The second kappa shape index (κ2) is 4.17. The van der Waals surface area contributed by atoms with E-state index in [0.29, 0.717) is 0 Å². The van der Waals surface area contributed by atoms with Crippen molar-refractivity contribution in [2.24, 2.45) is 0 Å². The van der Waals surface area contributed by atoms with Gasteiger partial charge in [-0.15, -0.1) is 0 Å². The molecule has 0 heterocycles. The first-order valence-corrected chi connectivity index (χ1v) is 4.29. The van der Waals surface area contributed by atoms with Gasteiger partial charge >= 0.3 is 0 Å². The van der Waals surface area contributed by atoms with Gasteiger partial charge in [0.25, 0.3) is 0 Å². The van der Waals surface area contributed by atoms with Crippen LogP contribution in [0.2, 0.25) is 0 Å². The van der Waals surface area contributed by atoms with E-state index in [4.69, 9.17) is 0 Å². The highest BCUT2D eigenvalue weighted by molar-refractivity contribution is 5.32. The highest BCUT2D eigenvalue weighted by Gasteiger charge is 1.96. The van der Waals surface area contributed by atoms with E-state index in [1.54, 1.807) is 0 Å². The van der Waals surface area contributed by atoms with Crippen LogP contribution < -0.4 is 0 Å². The molecule has 11 heavy (non-hydrogen) atoms.